The first-order valence-corrected chi connectivity index (χ1v) is 8.58. The second-order valence-corrected chi connectivity index (χ2v) is 6.23. The fourth-order valence-corrected chi connectivity index (χ4v) is 3.22. The lowest BCUT2D eigenvalue weighted by molar-refractivity contribution is 0.158. The number of ether oxygens (including phenoxy) is 1. The Hall–Kier alpha value is -2.68. The van der Waals surface area contributed by atoms with Gasteiger partial charge in [0.05, 0.1) is 35.0 Å². The quantitative estimate of drug-likeness (QED) is 0.422. The third kappa shape index (κ3) is 3.02. The molecule has 0 radical (unpaired) electrons. The van der Waals surface area contributed by atoms with Crippen molar-refractivity contribution in [2.75, 3.05) is 13.2 Å². The fraction of sp³-hybridized carbons (Fsp3) is 0.158. The average molecular weight is 333 g/mol. The molecule has 3 heterocycles. The number of aromatic nitrogens is 3. The van der Waals surface area contributed by atoms with Gasteiger partial charge in [0, 0.05) is 11.9 Å². The minimum absolute atomic E-state index is 0.437. The van der Waals surface area contributed by atoms with E-state index < -0.39 is 0 Å². The summed E-state index contributed by atoms with van der Waals surface area (Å²) in [6, 6.07) is 12.1. The number of rotatable bonds is 4. The SMILES string of the molecule is C(#Cc1cccs1)COCCn1cnc2cnc3ccccc3c21. The number of hydrogen-bond donors (Lipinski definition) is 0. The van der Waals surface area contributed by atoms with Gasteiger partial charge < -0.3 is 9.30 Å². The second kappa shape index (κ2) is 6.83. The van der Waals surface area contributed by atoms with Crippen LogP contribution < -0.4 is 0 Å². The maximum Gasteiger partial charge on any atom is 0.108 e. The Morgan fingerprint density at radius 2 is 2.04 bits per heavy atom. The highest BCUT2D eigenvalue weighted by Crippen LogP contribution is 2.22. The Bertz CT molecular complexity index is 1030. The Balaban J connectivity index is 1.44. The Morgan fingerprint density at radius 3 is 2.96 bits per heavy atom. The van der Waals surface area contributed by atoms with Crippen LogP contribution in [0, 0.1) is 11.8 Å². The molecular weight excluding hydrogens is 318 g/mol. The zero-order valence-corrected chi connectivity index (χ0v) is 13.8. The Kier molecular flexibility index (Phi) is 4.24. The van der Waals surface area contributed by atoms with Crippen molar-refractivity contribution < 1.29 is 4.74 Å². The first-order valence-electron chi connectivity index (χ1n) is 7.70. The molecule has 1 aromatic carbocycles. The van der Waals surface area contributed by atoms with E-state index in [4.69, 9.17) is 4.74 Å². The lowest BCUT2D eigenvalue weighted by atomic mass is 10.2. The number of benzene rings is 1. The number of thiophene rings is 1. The van der Waals surface area contributed by atoms with Gasteiger partial charge in [0.1, 0.15) is 12.1 Å². The molecule has 0 unspecified atom stereocenters. The summed E-state index contributed by atoms with van der Waals surface area (Å²) >= 11 is 1.64. The van der Waals surface area contributed by atoms with Crippen LogP contribution in [0.15, 0.2) is 54.3 Å². The molecule has 0 amide bonds. The molecule has 0 N–H and O–H groups in total. The van der Waals surface area contributed by atoms with Crippen molar-refractivity contribution in [3.8, 4) is 11.8 Å². The second-order valence-electron chi connectivity index (χ2n) is 5.28. The van der Waals surface area contributed by atoms with Crippen LogP contribution in [0.4, 0.5) is 0 Å². The van der Waals surface area contributed by atoms with Gasteiger partial charge in [-0.05, 0) is 17.5 Å². The summed E-state index contributed by atoms with van der Waals surface area (Å²) < 4.78 is 7.75. The van der Waals surface area contributed by atoms with Gasteiger partial charge in [-0.2, -0.15) is 0 Å². The van der Waals surface area contributed by atoms with Gasteiger partial charge in [-0.3, -0.25) is 4.98 Å². The van der Waals surface area contributed by atoms with Crippen molar-refractivity contribution >= 4 is 33.3 Å². The van der Waals surface area contributed by atoms with Gasteiger partial charge in [0.25, 0.3) is 0 Å². The van der Waals surface area contributed by atoms with Crippen molar-refractivity contribution in [3.05, 3.63) is 59.2 Å². The van der Waals surface area contributed by atoms with Gasteiger partial charge in [-0.25, -0.2) is 4.98 Å². The molecule has 4 aromatic rings. The van der Waals surface area contributed by atoms with Gasteiger partial charge >= 0.3 is 0 Å². The van der Waals surface area contributed by atoms with E-state index in [1.54, 1.807) is 11.3 Å². The summed E-state index contributed by atoms with van der Waals surface area (Å²) in [5.41, 5.74) is 2.99. The largest absolute Gasteiger partial charge is 0.367 e. The lowest BCUT2D eigenvalue weighted by Crippen LogP contribution is -2.05. The Labute approximate surface area is 143 Å². The van der Waals surface area contributed by atoms with Gasteiger partial charge in [-0.15, -0.1) is 11.3 Å². The van der Waals surface area contributed by atoms with Crippen molar-refractivity contribution in [1.82, 2.24) is 14.5 Å². The summed E-state index contributed by atoms with van der Waals surface area (Å²) in [5, 5.41) is 3.14. The van der Waals surface area contributed by atoms with Crippen molar-refractivity contribution in [2.24, 2.45) is 0 Å². The highest BCUT2D eigenvalue weighted by atomic mass is 32.1. The molecule has 0 aliphatic rings. The average Bonchev–Trinajstić information content (AvgIpc) is 3.28. The molecule has 3 aromatic heterocycles. The first-order chi connectivity index (χ1) is 11.9. The molecule has 0 saturated carbocycles. The number of hydrogen-bond acceptors (Lipinski definition) is 4. The molecule has 0 spiro atoms. The number of nitrogens with zero attached hydrogens (tertiary/aromatic N) is 3. The van der Waals surface area contributed by atoms with Crippen LogP contribution in [0.25, 0.3) is 21.9 Å². The molecule has 0 atom stereocenters. The predicted octanol–water partition coefficient (Wildman–Crippen LogP) is 3.71. The van der Waals surface area contributed by atoms with E-state index in [0.29, 0.717) is 13.2 Å². The van der Waals surface area contributed by atoms with Crippen LogP contribution in [-0.2, 0) is 11.3 Å². The predicted molar refractivity (Wildman–Crippen MR) is 97.1 cm³/mol. The molecular formula is C19H15N3OS. The summed E-state index contributed by atoms with van der Waals surface area (Å²) in [5.74, 6) is 6.13. The third-order valence-corrected chi connectivity index (χ3v) is 4.52. The van der Waals surface area contributed by atoms with Crippen molar-refractivity contribution in [1.29, 1.82) is 0 Å². The number of para-hydroxylation sites is 1. The number of pyridine rings is 1. The highest BCUT2D eigenvalue weighted by Gasteiger charge is 2.07. The molecule has 0 aliphatic carbocycles. The maximum absolute atomic E-state index is 5.63. The molecule has 0 fully saturated rings. The summed E-state index contributed by atoms with van der Waals surface area (Å²) in [4.78, 5) is 9.95. The molecule has 0 saturated heterocycles. The molecule has 4 nitrogen and oxygen atoms in total. The summed E-state index contributed by atoms with van der Waals surface area (Å²) in [7, 11) is 0. The zero-order valence-electron chi connectivity index (χ0n) is 13.0. The molecule has 4 rings (SSSR count). The molecule has 24 heavy (non-hydrogen) atoms. The summed E-state index contributed by atoms with van der Waals surface area (Å²) in [6.07, 6.45) is 3.67. The van der Waals surface area contributed by atoms with E-state index in [1.165, 1.54) is 0 Å². The van der Waals surface area contributed by atoms with Crippen LogP contribution >= 0.6 is 11.3 Å². The van der Waals surface area contributed by atoms with E-state index in [0.717, 1.165) is 33.4 Å². The van der Waals surface area contributed by atoms with Gasteiger partial charge in [0.15, 0.2) is 0 Å². The van der Waals surface area contributed by atoms with E-state index in [2.05, 4.69) is 32.4 Å². The smallest absolute Gasteiger partial charge is 0.108 e. The molecule has 0 bridgehead atoms. The van der Waals surface area contributed by atoms with Crippen LogP contribution in [0.3, 0.4) is 0 Å². The monoisotopic (exact) mass is 333 g/mol. The van der Waals surface area contributed by atoms with Crippen LogP contribution in [-0.4, -0.2) is 27.7 Å². The minimum atomic E-state index is 0.437. The summed E-state index contributed by atoms with van der Waals surface area (Å²) in [6.45, 7) is 1.78. The fourth-order valence-electron chi connectivity index (χ4n) is 2.63. The van der Waals surface area contributed by atoms with E-state index >= 15 is 0 Å². The highest BCUT2D eigenvalue weighted by molar-refractivity contribution is 7.10. The Morgan fingerprint density at radius 1 is 1.08 bits per heavy atom. The normalized spacial score (nSPS) is 10.8. The van der Waals surface area contributed by atoms with Crippen molar-refractivity contribution in [2.45, 2.75) is 6.54 Å². The first kappa shape index (κ1) is 14.9. The van der Waals surface area contributed by atoms with Gasteiger partial charge in [0.2, 0.25) is 0 Å². The molecule has 5 heteroatoms. The lowest BCUT2D eigenvalue weighted by Gasteiger charge is -2.06. The topological polar surface area (TPSA) is 39.9 Å². The van der Waals surface area contributed by atoms with E-state index in [9.17, 15) is 0 Å². The number of fused-ring (bicyclic) bond motifs is 3. The van der Waals surface area contributed by atoms with E-state index in [1.807, 2.05) is 48.2 Å². The molecule has 118 valence electrons. The zero-order chi connectivity index (χ0) is 16.2. The van der Waals surface area contributed by atoms with Crippen LogP contribution in [0.1, 0.15) is 4.88 Å². The van der Waals surface area contributed by atoms with Crippen LogP contribution in [0.5, 0.6) is 0 Å². The van der Waals surface area contributed by atoms with Crippen molar-refractivity contribution in [3.63, 3.8) is 0 Å². The maximum atomic E-state index is 5.63. The standard InChI is InChI=1S/C19H15N3OS/c1-2-8-17-16(7-1)19-18(13-20-17)21-14-22(19)9-11-23-10-3-5-15-6-4-12-24-15/h1-2,4,6-8,12-14H,9-11H2. The number of imidazole rings is 1. The van der Waals surface area contributed by atoms with Gasteiger partial charge in [-0.1, -0.05) is 36.1 Å². The molecule has 0 aliphatic heterocycles. The van der Waals surface area contributed by atoms with E-state index in [-0.39, 0.29) is 0 Å². The third-order valence-electron chi connectivity index (χ3n) is 3.73. The van der Waals surface area contributed by atoms with Crippen LogP contribution in [0.2, 0.25) is 0 Å². The minimum Gasteiger partial charge on any atom is -0.367 e.